The standard InChI is InChI=1S/C17H33N7O6/c1-8(2)12(16(29)30)23-11(26)7-22-15(28)13(9(3)25)24-14(27)10(18)5-4-6-21-17(19)20/h8-10,12-13,25H,4-7,18H2,1-3H3,(H,22,28)(H,23,26)(H,24,27)(H,29,30)(H4,19,20,21). The van der Waals surface area contributed by atoms with E-state index in [1.54, 1.807) is 13.8 Å². The van der Waals surface area contributed by atoms with E-state index in [2.05, 4.69) is 20.9 Å². The maximum absolute atomic E-state index is 12.3. The quantitative estimate of drug-likeness (QED) is 0.0821. The van der Waals surface area contributed by atoms with E-state index >= 15 is 0 Å². The zero-order chi connectivity index (χ0) is 23.4. The van der Waals surface area contributed by atoms with E-state index in [0.717, 1.165) is 0 Å². The predicted molar refractivity (Wildman–Crippen MR) is 109 cm³/mol. The summed E-state index contributed by atoms with van der Waals surface area (Å²) in [6.45, 7) is 4.29. The van der Waals surface area contributed by atoms with E-state index in [4.69, 9.17) is 22.3 Å². The first-order chi connectivity index (χ1) is 13.9. The summed E-state index contributed by atoms with van der Waals surface area (Å²) in [6, 6.07) is -3.42. The molecule has 4 unspecified atom stereocenters. The van der Waals surface area contributed by atoms with E-state index in [1.807, 2.05) is 0 Å². The molecule has 0 aliphatic rings. The maximum atomic E-state index is 12.3. The van der Waals surface area contributed by atoms with Gasteiger partial charge in [0.1, 0.15) is 12.1 Å². The van der Waals surface area contributed by atoms with Gasteiger partial charge in [0.15, 0.2) is 5.96 Å². The number of rotatable bonds is 13. The van der Waals surface area contributed by atoms with Crippen molar-refractivity contribution in [3.8, 4) is 0 Å². The summed E-state index contributed by atoms with van der Waals surface area (Å²) < 4.78 is 0. The number of carbonyl (C=O) groups is 4. The second-order valence-electron chi connectivity index (χ2n) is 7.13. The Morgan fingerprint density at radius 1 is 1.00 bits per heavy atom. The Balaban J connectivity index is 4.69. The average Bonchev–Trinajstić information content (AvgIpc) is 2.64. The molecule has 0 bridgehead atoms. The molecule has 13 heteroatoms. The number of aliphatic imine (C=N–C) groups is 1. The fourth-order valence-corrected chi connectivity index (χ4v) is 2.33. The summed E-state index contributed by atoms with van der Waals surface area (Å²) in [6.07, 6.45) is -0.600. The van der Waals surface area contributed by atoms with Gasteiger partial charge < -0.3 is 43.4 Å². The minimum atomic E-state index is -1.35. The molecule has 0 aliphatic carbocycles. The van der Waals surface area contributed by atoms with E-state index in [1.165, 1.54) is 6.92 Å². The number of amides is 3. The van der Waals surface area contributed by atoms with Gasteiger partial charge in [-0.1, -0.05) is 13.8 Å². The van der Waals surface area contributed by atoms with Gasteiger partial charge in [0.2, 0.25) is 17.7 Å². The molecule has 4 atom stereocenters. The number of nitrogens with one attached hydrogen (secondary N) is 3. The van der Waals surface area contributed by atoms with Crippen LogP contribution >= 0.6 is 0 Å². The smallest absolute Gasteiger partial charge is 0.326 e. The third-order valence-electron chi connectivity index (χ3n) is 4.04. The third kappa shape index (κ3) is 10.6. The highest BCUT2D eigenvalue weighted by Crippen LogP contribution is 2.02. The SMILES string of the molecule is CC(C)C(NC(=O)CNC(=O)C(NC(=O)C(N)CCCN=C(N)N)C(C)O)C(=O)O. The lowest BCUT2D eigenvalue weighted by Gasteiger charge is -2.23. The number of nitrogens with zero attached hydrogens (tertiary/aromatic N) is 1. The minimum Gasteiger partial charge on any atom is -0.480 e. The number of aliphatic carboxylic acids is 1. The molecule has 11 N–H and O–H groups in total. The molecule has 0 rings (SSSR count). The largest absolute Gasteiger partial charge is 0.480 e. The Hall–Kier alpha value is -2.93. The molecule has 0 heterocycles. The van der Waals surface area contributed by atoms with Crippen LogP contribution in [0, 0.1) is 5.92 Å². The number of carbonyl (C=O) groups excluding carboxylic acids is 3. The van der Waals surface area contributed by atoms with Gasteiger partial charge in [0.25, 0.3) is 0 Å². The molecule has 0 radical (unpaired) electrons. The van der Waals surface area contributed by atoms with Gasteiger partial charge in [0.05, 0.1) is 18.7 Å². The third-order valence-corrected chi connectivity index (χ3v) is 4.04. The lowest BCUT2D eigenvalue weighted by molar-refractivity contribution is -0.143. The van der Waals surface area contributed by atoms with Crippen LogP contribution in [-0.4, -0.2) is 77.2 Å². The molecular weight excluding hydrogens is 398 g/mol. The number of nitrogens with two attached hydrogens (primary N) is 3. The monoisotopic (exact) mass is 431 g/mol. The average molecular weight is 431 g/mol. The number of aliphatic hydroxyl groups excluding tert-OH is 1. The fraction of sp³-hybridized carbons (Fsp3) is 0.706. The first-order valence-electron chi connectivity index (χ1n) is 9.46. The molecule has 0 aliphatic heterocycles. The van der Waals surface area contributed by atoms with Crippen LogP contribution in [0.2, 0.25) is 0 Å². The number of carboxylic acids is 1. The molecule has 0 spiro atoms. The lowest BCUT2D eigenvalue weighted by atomic mass is 10.0. The summed E-state index contributed by atoms with van der Waals surface area (Å²) in [5, 5.41) is 25.7. The van der Waals surface area contributed by atoms with Crippen LogP contribution in [-0.2, 0) is 19.2 Å². The van der Waals surface area contributed by atoms with Crippen molar-refractivity contribution in [1.29, 1.82) is 0 Å². The van der Waals surface area contributed by atoms with Gasteiger partial charge in [-0.25, -0.2) is 4.79 Å². The second-order valence-corrected chi connectivity index (χ2v) is 7.13. The van der Waals surface area contributed by atoms with Crippen LogP contribution in [0.1, 0.15) is 33.6 Å². The molecule has 13 nitrogen and oxygen atoms in total. The van der Waals surface area contributed by atoms with Crippen LogP contribution in [0.5, 0.6) is 0 Å². The van der Waals surface area contributed by atoms with Crippen molar-refractivity contribution in [2.24, 2.45) is 28.1 Å². The number of hydrogen-bond donors (Lipinski definition) is 8. The van der Waals surface area contributed by atoms with Crippen molar-refractivity contribution in [3.05, 3.63) is 0 Å². The normalized spacial score (nSPS) is 14.7. The van der Waals surface area contributed by atoms with Crippen molar-refractivity contribution < 1.29 is 29.4 Å². The Kier molecular flexibility index (Phi) is 12.0. The molecule has 30 heavy (non-hydrogen) atoms. The van der Waals surface area contributed by atoms with Crippen molar-refractivity contribution in [1.82, 2.24) is 16.0 Å². The number of guanidine groups is 1. The molecule has 0 saturated carbocycles. The van der Waals surface area contributed by atoms with E-state index in [0.29, 0.717) is 6.42 Å². The Morgan fingerprint density at radius 3 is 2.07 bits per heavy atom. The van der Waals surface area contributed by atoms with E-state index in [-0.39, 0.29) is 24.8 Å². The van der Waals surface area contributed by atoms with Gasteiger partial charge in [-0.15, -0.1) is 0 Å². The summed E-state index contributed by atoms with van der Waals surface area (Å²) in [5.41, 5.74) is 16.1. The highest BCUT2D eigenvalue weighted by Gasteiger charge is 2.28. The summed E-state index contributed by atoms with van der Waals surface area (Å²) in [5.74, 6) is -3.86. The molecule has 0 aromatic rings. The second kappa shape index (κ2) is 13.3. The number of carboxylic acid groups (broad SMARTS) is 1. The maximum Gasteiger partial charge on any atom is 0.326 e. The van der Waals surface area contributed by atoms with Gasteiger partial charge in [-0.3, -0.25) is 19.4 Å². The zero-order valence-corrected chi connectivity index (χ0v) is 17.4. The van der Waals surface area contributed by atoms with Gasteiger partial charge in [-0.05, 0) is 25.7 Å². The van der Waals surface area contributed by atoms with Gasteiger partial charge >= 0.3 is 5.97 Å². The highest BCUT2D eigenvalue weighted by atomic mass is 16.4. The molecule has 0 saturated heterocycles. The molecule has 172 valence electrons. The van der Waals surface area contributed by atoms with Crippen molar-refractivity contribution in [2.75, 3.05) is 13.1 Å². The van der Waals surface area contributed by atoms with E-state index in [9.17, 15) is 24.3 Å². The Labute approximate surface area is 174 Å². The van der Waals surface area contributed by atoms with Crippen molar-refractivity contribution in [2.45, 2.75) is 57.8 Å². The number of aliphatic hydroxyl groups is 1. The first kappa shape index (κ1) is 27.1. The Morgan fingerprint density at radius 2 is 1.60 bits per heavy atom. The first-order valence-corrected chi connectivity index (χ1v) is 9.46. The topological polar surface area (TPSA) is 235 Å². The molecule has 0 fully saturated rings. The fourth-order valence-electron chi connectivity index (χ4n) is 2.33. The zero-order valence-electron chi connectivity index (χ0n) is 17.4. The molecule has 3 amide bonds. The van der Waals surface area contributed by atoms with Crippen LogP contribution in [0.4, 0.5) is 0 Å². The summed E-state index contributed by atoms with van der Waals surface area (Å²) in [4.78, 5) is 51.2. The molecule has 0 aromatic heterocycles. The minimum absolute atomic E-state index is 0.0778. The highest BCUT2D eigenvalue weighted by molar-refractivity contribution is 5.92. The molecule has 0 aromatic carbocycles. The number of hydrogen-bond acceptors (Lipinski definition) is 7. The predicted octanol–water partition coefficient (Wildman–Crippen LogP) is -3.43. The van der Waals surface area contributed by atoms with Crippen LogP contribution in [0.15, 0.2) is 4.99 Å². The Bertz CT molecular complexity index is 634. The summed E-state index contributed by atoms with van der Waals surface area (Å²) >= 11 is 0. The summed E-state index contributed by atoms with van der Waals surface area (Å²) in [7, 11) is 0. The van der Waals surface area contributed by atoms with Gasteiger partial charge in [-0.2, -0.15) is 0 Å². The lowest BCUT2D eigenvalue weighted by Crippen LogP contribution is -2.57. The van der Waals surface area contributed by atoms with E-state index < -0.39 is 54.5 Å². The van der Waals surface area contributed by atoms with Crippen LogP contribution < -0.4 is 33.2 Å². The van der Waals surface area contributed by atoms with Crippen LogP contribution in [0.3, 0.4) is 0 Å². The van der Waals surface area contributed by atoms with Gasteiger partial charge in [0, 0.05) is 6.54 Å². The molecular formula is C17H33N7O6. The van der Waals surface area contributed by atoms with Crippen LogP contribution in [0.25, 0.3) is 0 Å². The van der Waals surface area contributed by atoms with Crippen molar-refractivity contribution >= 4 is 29.7 Å². The van der Waals surface area contributed by atoms with Crippen molar-refractivity contribution in [3.63, 3.8) is 0 Å².